The normalized spacial score (nSPS) is 12.5. The summed E-state index contributed by atoms with van der Waals surface area (Å²) in [4.78, 5) is 37.2. The Morgan fingerprint density at radius 1 is 0.455 bits per heavy atom. The van der Waals surface area contributed by atoms with Gasteiger partial charge in [0.1, 0.15) is 13.2 Å². The van der Waals surface area contributed by atoms with Gasteiger partial charge in [0.2, 0.25) is 0 Å². The van der Waals surface area contributed by atoms with Crippen LogP contribution in [0.4, 0.5) is 0 Å². The summed E-state index contributed by atoms with van der Waals surface area (Å²) in [7, 11) is 0. The van der Waals surface area contributed by atoms with Crippen LogP contribution in [-0.2, 0) is 28.6 Å². The maximum Gasteiger partial charge on any atom is 0.306 e. The lowest BCUT2D eigenvalue weighted by Gasteiger charge is -2.18. The van der Waals surface area contributed by atoms with Gasteiger partial charge in [0.25, 0.3) is 0 Å². The van der Waals surface area contributed by atoms with Gasteiger partial charge in [0, 0.05) is 19.3 Å². The first kappa shape index (κ1) is 42.4. The zero-order valence-corrected chi connectivity index (χ0v) is 29.6. The summed E-state index contributed by atoms with van der Waals surface area (Å²) >= 11 is 0. The Bertz CT molecular complexity index is 664. The second-order valence-corrected chi connectivity index (χ2v) is 13.1. The SMILES string of the molecule is CCCCCCCCCCCC(=O)OC[C@H](COC(=O)CCCCCCCCC)OC(=O)CCCCCCCCC(C)CC. The topological polar surface area (TPSA) is 78.9 Å². The molecule has 0 heterocycles. The largest absolute Gasteiger partial charge is 0.462 e. The van der Waals surface area contributed by atoms with Crippen molar-refractivity contribution in [2.24, 2.45) is 5.92 Å². The predicted octanol–water partition coefficient (Wildman–Crippen LogP) is 11.2. The van der Waals surface area contributed by atoms with Crippen LogP contribution in [0, 0.1) is 5.92 Å². The van der Waals surface area contributed by atoms with E-state index >= 15 is 0 Å². The van der Waals surface area contributed by atoms with E-state index in [1.54, 1.807) is 0 Å². The fraction of sp³-hybridized carbons (Fsp3) is 0.921. The van der Waals surface area contributed by atoms with Gasteiger partial charge < -0.3 is 14.2 Å². The highest BCUT2D eigenvalue weighted by Gasteiger charge is 2.19. The van der Waals surface area contributed by atoms with Crippen molar-refractivity contribution in [2.45, 2.75) is 207 Å². The molecule has 0 amide bonds. The van der Waals surface area contributed by atoms with Crippen molar-refractivity contribution in [1.82, 2.24) is 0 Å². The van der Waals surface area contributed by atoms with Crippen molar-refractivity contribution in [3.05, 3.63) is 0 Å². The minimum absolute atomic E-state index is 0.0666. The molecule has 0 aromatic rings. The highest BCUT2D eigenvalue weighted by atomic mass is 16.6. The van der Waals surface area contributed by atoms with E-state index in [0.29, 0.717) is 19.3 Å². The number of hydrogen-bond acceptors (Lipinski definition) is 6. The lowest BCUT2D eigenvalue weighted by atomic mass is 10.00. The summed E-state index contributed by atoms with van der Waals surface area (Å²) < 4.78 is 16.5. The summed E-state index contributed by atoms with van der Waals surface area (Å²) in [6.45, 7) is 8.87. The van der Waals surface area contributed by atoms with Gasteiger partial charge in [-0.25, -0.2) is 0 Å². The second kappa shape index (κ2) is 32.8. The average molecular weight is 625 g/mol. The summed E-state index contributed by atoms with van der Waals surface area (Å²) in [6, 6.07) is 0. The Kier molecular flexibility index (Phi) is 31.6. The molecule has 0 radical (unpaired) electrons. The van der Waals surface area contributed by atoms with E-state index in [0.717, 1.165) is 63.7 Å². The fourth-order valence-corrected chi connectivity index (χ4v) is 5.36. The number of carbonyl (C=O) groups excluding carboxylic acids is 3. The molecule has 6 heteroatoms. The van der Waals surface area contributed by atoms with Crippen LogP contribution in [0.25, 0.3) is 0 Å². The minimum Gasteiger partial charge on any atom is -0.462 e. The van der Waals surface area contributed by atoms with Gasteiger partial charge in [0.05, 0.1) is 0 Å². The van der Waals surface area contributed by atoms with E-state index in [2.05, 4.69) is 27.7 Å². The highest BCUT2D eigenvalue weighted by molar-refractivity contribution is 5.71. The minimum atomic E-state index is -0.756. The van der Waals surface area contributed by atoms with Crippen LogP contribution in [-0.4, -0.2) is 37.2 Å². The van der Waals surface area contributed by atoms with Crippen molar-refractivity contribution in [3.63, 3.8) is 0 Å². The van der Waals surface area contributed by atoms with Crippen molar-refractivity contribution < 1.29 is 28.6 Å². The molecule has 0 saturated heterocycles. The third kappa shape index (κ3) is 30.4. The lowest BCUT2D eigenvalue weighted by molar-refractivity contribution is -0.167. The third-order valence-electron chi connectivity index (χ3n) is 8.65. The standard InChI is InChI=1S/C38H72O6/c1-5-8-10-12-14-15-17-22-26-30-37(40)43-33-35(32-42-36(39)29-25-21-16-13-11-9-6-2)44-38(41)31-27-23-19-18-20-24-28-34(4)7-3/h34-35H,5-33H2,1-4H3/t34?,35-/m0/s1. The zero-order chi connectivity index (χ0) is 32.5. The van der Waals surface area contributed by atoms with Gasteiger partial charge in [-0.05, 0) is 25.2 Å². The van der Waals surface area contributed by atoms with Crippen LogP contribution in [0.5, 0.6) is 0 Å². The molecule has 0 spiro atoms. The Hall–Kier alpha value is -1.59. The maximum atomic E-state index is 12.6. The molecule has 6 nitrogen and oxygen atoms in total. The molecule has 0 aliphatic rings. The van der Waals surface area contributed by atoms with Gasteiger partial charge in [-0.3, -0.25) is 14.4 Å². The summed E-state index contributed by atoms with van der Waals surface area (Å²) in [5.74, 6) is -0.0675. The molecule has 260 valence electrons. The van der Waals surface area contributed by atoms with Gasteiger partial charge >= 0.3 is 17.9 Å². The number of ether oxygens (including phenoxy) is 3. The second-order valence-electron chi connectivity index (χ2n) is 13.1. The third-order valence-corrected chi connectivity index (χ3v) is 8.65. The first-order valence-electron chi connectivity index (χ1n) is 18.9. The molecule has 0 aliphatic heterocycles. The molecule has 0 aliphatic carbocycles. The first-order chi connectivity index (χ1) is 21.4. The van der Waals surface area contributed by atoms with E-state index in [4.69, 9.17) is 14.2 Å². The molecule has 0 aromatic heterocycles. The molecule has 0 aromatic carbocycles. The Morgan fingerprint density at radius 2 is 0.795 bits per heavy atom. The fourth-order valence-electron chi connectivity index (χ4n) is 5.36. The smallest absolute Gasteiger partial charge is 0.306 e. The number of carbonyl (C=O) groups is 3. The molecule has 0 saturated carbocycles. The van der Waals surface area contributed by atoms with Crippen LogP contribution in [0.1, 0.15) is 201 Å². The maximum absolute atomic E-state index is 12.6. The van der Waals surface area contributed by atoms with E-state index in [1.807, 2.05) is 0 Å². The van der Waals surface area contributed by atoms with Gasteiger partial charge in [-0.15, -0.1) is 0 Å². The summed E-state index contributed by atoms with van der Waals surface area (Å²) in [5.41, 5.74) is 0. The molecule has 0 rings (SSSR count). The quantitative estimate of drug-likeness (QED) is 0.0410. The highest BCUT2D eigenvalue weighted by Crippen LogP contribution is 2.15. The molecule has 0 N–H and O–H groups in total. The molecule has 0 fully saturated rings. The number of hydrogen-bond donors (Lipinski definition) is 0. The van der Waals surface area contributed by atoms with E-state index in [-0.39, 0.29) is 31.1 Å². The van der Waals surface area contributed by atoms with E-state index < -0.39 is 6.10 Å². The molecular weight excluding hydrogens is 552 g/mol. The van der Waals surface area contributed by atoms with Crippen molar-refractivity contribution in [1.29, 1.82) is 0 Å². The van der Waals surface area contributed by atoms with Gasteiger partial charge in [-0.2, -0.15) is 0 Å². The molecule has 1 unspecified atom stereocenters. The Balaban J connectivity index is 4.36. The van der Waals surface area contributed by atoms with E-state index in [1.165, 1.54) is 96.3 Å². The molecule has 0 bridgehead atoms. The van der Waals surface area contributed by atoms with Crippen molar-refractivity contribution in [3.8, 4) is 0 Å². The summed E-state index contributed by atoms with van der Waals surface area (Å²) in [6.07, 6.45) is 28.1. The molecule has 2 atom stereocenters. The van der Waals surface area contributed by atoms with Crippen LogP contribution in [0.3, 0.4) is 0 Å². The van der Waals surface area contributed by atoms with Crippen LogP contribution >= 0.6 is 0 Å². The van der Waals surface area contributed by atoms with Gasteiger partial charge in [-0.1, -0.05) is 163 Å². The predicted molar refractivity (Wildman–Crippen MR) is 183 cm³/mol. The Morgan fingerprint density at radius 3 is 1.18 bits per heavy atom. The molecule has 44 heavy (non-hydrogen) atoms. The number of unbranched alkanes of at least 4 members (excludes halogenated alkanes) is 19. The summed E-state index contributed by atoms with van der Waals surface area (Å²) in [5, 5.41) is 0. The zero-order valence-electron chi connectivity index (χ0n) is 29.6. The van der Waals surface area contributed by atoms with Crippen LogP contribution in [0.15, 0.2) is 0 Å². The monoisotopic (exact) mass is 625 g/mol. The van der Waals surface area contributed by atoms with Crippen LogP contribution < -0.4 is 0 Å². The molecular formula is C38H72O6. The first-order valence-corrected chi connectivity index (χ1v) is 18.9. The van der Waals surface area contributed by atoms with Crippen LogP contribution in [0.2, 0.25) is 0 Å². The Labute approximate surface area is 272 Å². The number of rotatable bonds is 33. The average Bonchev–Trinajstić information content (AvgIpc) is 3.02. The van der Waals surface area contributed by atoms with E-state index in [9.17, 15) is 14.4 Å². The lowest BCUT2D eigenvalue weighted by Crippen LogP contribution is -2.30. The van der Waals surface area contributed by atoms with Crippen molar-refractivity contribution in [2.75, 3.05) is 13.2 Å². The van der Waals surface area contributed by atoms with Crippen molar-refractivity contribution >= 4 is 17.9 Å². The van der Waals surface area contributed by atoms with Gasteiger partial charge in [0.15, 0.2) is 6.10 Å². The number of esters is 3.